The SMILES string of the molecule is CC/C=C\C/C=C\C/C=C\C/C=C\C/C=C\C/C=C\CCC(=O)OCC(COCCCCCCCC/C=C\C/C=C\CCC)OC(=O)C/C=C\C/C=C\C/C=C\C/C=C\C/C=C\CC. The minimum Gasteiger partial charge on any atom is -0.462 e. The van der Waals surface area contributed by atoms with Crippen molar-refractivity contribution in [1.82, 2.24) is 0 Å². The fraction of sp³-hybridized carbons (Fsp3) is 0.525. The summed E-state index contributed by atoms with van der Waals surface area (Å²) in [7, 11) is 0. The van der Waals surface area contributed by atoms with E-state index in [0.717, 1.165) is 96.3 Å². The van der Waals surface area contributed by atoms with Crippen LogP contribution >= 0.6 is 0 Å². The maximum absolute atomic E-state index is 12.7. The smallest absolute Gasteiger partial charge is 0.310 e. The maximum Gasteiger partial charge on any atom is 0.310 e. The second-order valence-corrected chi connectivity index (χ2v) is 15.6. The van der Waals surface area contributed by atoms with Crippen molar-refractivity contribution in [3.05, 3.63) is 158 Å². The van der Waals surface area contributed by atoms with E-state index in [1.807, 2.05) is 18.2 Å². The lowest BCUT2D eigenvalue weighted by Gasteiger charge is -2.18. The highest BCUT2D eigenvalue weighted by molar-refractivity contribution is 5.71. The van der Waals surface area contributed by atoms with Gasteiger partial charge in [0.05, 0.1) is 13.0 Å². The van der Waals surface area contributed by atoms with Crippen molar-refractivity contribution in [2.45, 2.75) is 181 Å². The van der Waals surface area contributed by atoms with Gasteiger partial charge in [0.15, 0.2) is 6.10 Å². The van der Waals surface area contributed by atoms with Gasteiger partial charge in [-0.15, -0.1) is 0 Å². The first kappa shape index (κ1) is 59.5. The molecule has 0 amide bonds. The Bertz CT molecular complexity index is 1460. The van der Waals surface area contributed by atoms with Gasteiger partial charge in [-0.05, 0) is 109 Å². The van der Waals surface area contributed by atoms with Gasteiger partial charge in [0.2, 0.25) is 0 Å². The summed E-state index contributed by atoms with van der Waals surface area (Å²) in [4.78, 5) is 25.3. The molecule has 0 spiro atoms. The topological polar surface area (TPSA) is 61.8 Å². The molecule has 0 aromatic heterocycles. The summed E-state index contributed by atoms with van der Waals surface area (Å²) in [6, 6.07) is 0. The van der Waals surface area contributed by atoms with Crippen LogP contribution in [0.3, 0.4) is 0 Å². The third kappa shape index (κ3) is 50.2. The molecule has 64 heavy (non-hydrogen) atoms. The zero-order valence-electron chi connectivity index (χ0n) is 40.7. The molecular formula is C59H90O5. The summed E-state index contributed by atoms with van der Waals surface area (Å²) in [5, 5.41) is 0. The normalized spacial score (nSPS) is 13.6. The van der Waals surface area contributed by atoms with Gasteiger partial charge in [-0.25, -0.2) is 0 Å². The van der Waals surface area contributed by atoms with Gasteiger partial charge < -0.3 is 14.2 Å². The molecule has 0 saturated heterocycles. The van der Waals surface area contributed by atoms with Crippen molar-refractivity contribution in [2.24, 2.45) is 0 Å². The predicted octanol–water partition coefficient (Wildman–Crippen LogP) is 17.1. The van der Waals surface area contributed by atoms with Gasteiger partial charge in [0, 0.05) is 13.0 Å². The van der Waals surface area contributed by atoms with E-state index in [0.29, 0.717) is 13.0 Å². The lowest BCUT2D eigenvalue weighted by atomic mass is 10.1. The van der Waals surface area contributed by atoms with Gasteiger partial charge >= 0.3 is 11.9 Å². The summed E-state index contributed by atoms with van der Waals surface area (Å²) < 4.78 is 17.2. The summed E-state index contributed by atoms with van der Waals surface area (Å²) >= 11 is 0. The lowest BCUT2D eigenvalue weighted by molar-refractivity contribution is -0.162. The second kappa shape index (κ2) is 52.9. The number of carbonyl (C=O) groups is 2. The Hall–Kier alpha value is -4.48. The Morgan fingerprint density at radius 2 is 0.750 bits per heavy atom. The average Bonchev–Trinajstić information content (AvgIpc) is 3.30. The molecule has 0 aliphatic rings. The number of hydrogen-bond acceptors (Lipinski definition) is 5. The molecule has 1 atom stereocenters. The molecule has 356 valence electrons. The number of allylic oxidation sites excluding steroid dienone is 25. The Kier molecular flexibility index (Phi) is 49.2. The van der Waals surface area contributed by atoms with Gasteiger partial charge in [0.1, 0.15) is 6.61 Å². The van der Waals surface area contributed by atoms with Crippen LogP contribution in [0.25, 0.3) is 0 Å². The fourth-order valence-electron chi connectivity index (χ4n) is 5.94. The van der Waals surface area contributed by atoms with E-state index in [1.165, 1.54) is 38.5 Å². The van der Waals surface area contributed by atoms with E-state index in [1.54, 1.807) is 0 Å². The first-order chi connectivity index (χ1) is 31.6. The third-order valence-electron chi connectivity index (χ3n) is 9.56. The van der Waals surface area contributed by atoms with Crippen LogP contribution in [0.15, 0.2) is 158 Å². The van der Waals surface area contributed by atoms with E-state index < -0.39 is 6.10 Å². The summed E-state index contributed by atoms with van der Waals surface area (Å²) in [5.74, 6) is -0.662. The first-order valence-electron chi connectivity index (χ1n) is 25.0. The van der Waals surface area contributed by atoms with Crippen LogP contribution in [-0.4, -0.2) is 37.9 Å². The molecule has 0 radical (unpaired) electrons. The van der Waals surface area contributed by atoms with E-state index in [9.17, 15) is 9.59 Å². The molecule has 0 aromatic rings. The Morgan fingerprint density at radius 3 is 1.20 bits per heavy atom. The number of esters is 2. The molecule has 0 saturated carbocycles. The van der Waals surface area contributed by atoms with Crippen LogP contribution < -0.4 is 0 Å². The van der Waals surface area contributed by atoms with Crippen molar-refractivity contribution >= 4 is 11.9 Å². The molecule has 0 aliphatic carbocycles. The number of unbranched alkanes of at least 4 members (excludes halogenated alkanes) is 7. The van der Waals surface area contributed by atoms with Gasteiger partial charge in [-0.1, -0.05) is 211 Å². The average molecular weight is 879 g/mol. The van der Waals surface area contributed by atoms with Crippen LogP contribution in [0.4, 0.5) is 0 Å². The number of ether oxygens (including phenoxy) is 3. The predicted molar refractivity (Wildman–Crippen MR) is 278 cm³/mol. The van der Waals surface area contributed by atoms with Gasteiger partial charge in [-0.3, -0.25) is 9.59 Å². The highest BCUT2D eigenvalue weighted by Gasteiger charge is 2.17. The van der Waals surface area contributed by atoms with E-state index in [-0.39, 0.29) is 38.0 Å². The van der Waals surface area contributed by atoms with Gasteiger partial charge in [-0.2, -0.15) is 0 Å². The summed E-state index contributed by atoms with van der Waals surface area (Å²) in [5.41, 5.74) is 0. The lowest BCUT2D eigenvalue weighted by Crippen LogP contribution is -2.29. The molecule has 1 unspecified atom stereocenters. The zero-order valence-corrected chi connectivity index (χ0v) is 40.7. The molecule has 0 aliphatic heterocycles. The van der Waals surface area contributed by atoms with Crippen LogP contribution in [0.2, 0.25) is 0 Å². The van der Waals surface area contributed by atoms with Crippen molar-refractivity contribution in [3.63, 3.8) is 0 Å². The van der Waals surface area contributed by atoms with Crippen molar-refractivity contribution in [3.8, 4) is 0 Å². The molecule has 0 heterocycles. The Labute approximate surface area is 393 Å². The van der Waals surface area contributed by atoms with E-state index in [4.69, 9.17) is 14.2 Å². The number of hydrogen-bond donors (Lipinski definition) is 0. The third-order valence-corrected chi connectivity index (χ3v) is 9.56. The fourth-order valence-corrected chi connectivity index (χ4v) is 5.94. The Balaban J connectivity index is 4.56. The van der Waals surface area contributed by atoms with E-state index in [2.05, 4.69) is 161 Å². The molecule has 0 aromatic carbocycles. The summed E-state index contributed by atoms with van der Waals surface area (Å²) in [6.07, 6.45) is 78.6. The van der Waals surface area contributed by atoms with Crippen molar-refractivity contribution in [1.29, 1.82) is 0 Å². The highest BCUT2D eigenvalue weighted by atomic mass is 16.6. The molecule has 5 heteroatoms. The monoisotopic (exact) mass is 879 g/mol. The van der Waals surface area contributed by atoms with Crippen LogP contribution in [0, 0.1) is 0 Å². The number of rotatable bonds is 43. The van der Waals surface area contributed by atoms with Crippen molar-refractivity contribution in [2.75, 3.05) is 19.8 Å². The van der Waals surface area contributed by atoms with Crippen molar-refractivity contribution < 1.29 is 23.8 Å². The molecule has 0 rings (SSSR count). The number of carbonyl (C=O) groups excluding carboxylic acids is 2. The quantitative estimate of drug-likeness (QED) is 0.0347. The Morgan fingerprint density at radius 1 is 0.375 bits per heavy atom. The molecule has 0 N–H and O–H groups in total. The minimum atomic E-state index is -0.639. The first-order valence-corrected chi connectivity index (χ1v) is 25.0. The van der Waals surface area contributed by atoms with Gasteiger partial charge in [0.25, 0.3) is 0 Å². The van der Waals surface area contributed by atoms with Crippen LogP contribution in [0.1, 0.15) is 175 Å². The zero-order chi connectivity index (χ0) is 46.3. The molecule has 0 bridgehead atoms. The molecular weight excluding hydrogens is 789 g/mol. The maximum atomic E-state index is 12.7. The molecule has 0 fully saturated rings. The van der Waals surface area contributed by atoms with E-state index >= 15 is 0 Å². The largest absolute Gasteiger partial charge is 0.462 e. The highest BCUT2D eigenvalue weighted by Crippen LogP contribution is 2.09. The minimum absolute atomic E-state index is 0.0105. The standard InChI is InChI=1S/C59H90O5/c1-4-7-10-13-16-19-22-25-28-29-30-31-33-34-37-40-43-46-49-52-58(60)63-56-57(55-62-54-51-48-45-42-39-36-27-24-21-18-15-12-9-6-3)64-59(61)53-50-47-44-41-38-35-32-26-23-20-17-14-11-8-5-2/h7-8,10-12,15-17,19-21,24-26,28,30-32,34,37-38,41,43,46-47,50,57H,4-6,9,13-14,18,22-23,27,29,33,35-36,39-40,42,44-45,48-49,51-56H2,1-3H3/b10-7-,11-8-,15-12-,19-16-,20-17-,24-21-,28-25-,31-30-,32-26-,37-34-,41-38-,46-43-,50-47-. The molecule has 5 nitrogen and oxygen atoms in total. The second-order valence-electron chi connectivity index (χ2n) is 15.6. The van der Waals surface area contributed by atoms with Crippen LogP contribution in [0.5, 0.6) is 0 Å². The van der Waals surface area contributed by atoms with Crippen LogP contribution in [-0.2, 0) is 23.8 Å². The summed E-state index contributed by atoms with van der Waals surface area (Å²) in [6.45, 7) is 7.29.